The number of hydrogen-bond donors (Lipinski definition) is 2. The first-order valence-electron chi connectivity index (χ1n) is 13.9. The Morgan fingerprint density at radius 1 is 1.00 bits per heavy atom. The van der Waals surface area contributed by atoms with E-state index in [9.17, 15) is 18.0 Å². The second kappa shape index (κ2) is 14.2. The van der Waals surface area contributed by atoms with Gasteiger partial charge in [-0.2, -0.15) is 13.2 Å². The van der Waals surface area contributed by atoms with Crippen LogP contribution in [0, 0.1) is 0 Å². The molecule has 3 aromatic rings. The zero-order valence-electron chi connectivity index (χ0n) is 24.8. The molecule has 0 radical (unpaired) electrons. The quantitative estimate of drug-likeness (QED) is 0.312. The number of anilines is 1. The number of carbonyl (C=O) groups excluding carboxylic acids is 1. The first-order chi connectivity index (χ1) is 19.6. The number of amides is 1. The summed E-state index contributed by atoms with van der Waals surface area (Å²) in [6, 6.07) is 19.7. The monoisotopic (exact) mass is 603 g/mol. The topological polar surface area (TPSA) is 72.9 Å². The Balaban J connectivity index is 0.000000616. The highest BCUT2D eigenvalue weighted by Crippen LogP contribution is 2.28. The maximum Gasteiger partial charge on any atom is 0.490 e. The molecular weight excluding hydrogens is 563 g/mol. The Morgan fingerprint density at radius 2 is 1.62 bits per heavy atom. The lowest BCUT2D eigenvalue weighted by molar-refractivity contribution is -0.192. The highest BCUT2D eigenvalue weighted by atomic mass is 32.1. The van der Waals surface area contributed by atoms with Gasteiger partial charge in [0, 0.05) is 38.9 Å². The number of benzene rings is 2. The van der Waals surface area contributed by atoms with Crippen LogP contribution >= 0.6 is 11.3 Å². The fourth-order valence-electron chi connectivity index (χ4n) is 4.67. The maximum atomic E-state index is 13.1. The number of carbonyl (C=O) groups is 2. The minimum Gasteiger partial charge on any atom is -0.475 e. The van der Waals surface area contributed by atoms with Gasteiger partial charge in [0.15, 0.2) is 0 Å². The molecule has 1 aliphatic rings. The van der Waals surface area contributed by atoms with Crippen LogP contribution in [0.1, 0.15) is 60.8 Å². The number of thiophene rings is 1. The minimum absolute atomic E-state index is 0.0486. The number of halogens is 3. The van der Waals surface area contributed by atoms with Gasteiger partial charge in [-0.3, -0.25) is 9.69 Å². The van der Waals surface area contributed by atoms with Gasteiger partial charge in [0.25, 0.3) is 5.91 Å². The van der Waals surface area contributed by atoms with Crippen molar-refractivity contribution < 1.29 is 27.9 Å². The van der Waals surface area contributed by atoms with E-state index in [0.29, 0.717) is 0 Å². The second-order valence-corrected chi connectivity index (χ2v) is 12.7. The Hall–Kier alpha value is -3.37. The molecule has 1 saturated heterocycles. The van der Waals surface area contributed by atoms with Crippen molar-refractivity contribution in [3.05, 3.63) is 76.0 Å². The van der Waals surface area contributed by atoms with E-state index in [1.807, 2.05) is 20.2 Å². The van der Waals surface area contributed by atoms with E-state index in [-0.39, 0.29) is 17.4 Å². The van der Waals surface area contributed by atoms with Gasteiger partial charge < -0.3 is 15.3 Å². The van der Waals surface area contributed by atoms with E-state index in [4.69, 9.17) is 9.90 Å². The van der Waals surface area contributed by atoms with Gasteiger partial charge >= 0.3 is 12.1 Å². The molecule has 228 valence electrons. The summed E-state index contributed by atoms with van der Waals surface area (Å²) in [6.45, 7) is 9.67. The average molecular weight is 604 g/mol. The number of aliphatic carboxylic acids is 1. The van der Waals surface area contributed by atoms with E-state index < -0.39 is 12.1 Å². The molecule has 1 fully saturated rings. The van der Waals surface area contributed by atoms with Gasteiger partial charge in [0.05, 0.1) is 4.88 Å². The van der Waals surface area contributed by atoms with Crippen molar-refractivity contribution in [2.75, 3.05) is 32.1 Å². The maximum absolute atomic E-state index is 13.1. The van der Waals surface area contributed by atoms with Crippen molar-refractivity contribution in [1.29, 1.82) is 0 Å². The molecule has 2 heterocycles. The van der Waals surface area contributed by atoms with Gasteiger partial charge in [-0.1, -0.05) is 63.6 Å². The zero-order chi connectivity index (χ0) is 31.1. The molecular formula is C32H40F3N3O3S. The summed E-state index contributed by atoms with van der Waals surface area (Å²) in [5.41, 5.74) is 6.30. The largest absolute Gasteiger partial charge is 0.490 e. The summed E-state index contributed by atoms with van der Waals surface area (Å²) in [5, 5.41) is 12.5. The van der Waals surface area contributed by atoms with E-state index in [1.165, 1.54) is 34.6 Å². The third-order valence-corrected chi connectivity index (χ3v) is 8.03. The number of rotatable bonds is 6. The summed E-state index contributed by atoms with van der Waals surface area (Å²) in [7, 11) is 4.08. The third-order valence-electron chi connectivity index (χ3n) is 7.10. The molecule has 1 amide bonds. The molecule has 6 nitrogen and oxygen atoms in total. The van der Waals surface area contributed by atoms with Crippen molar-refractivity contribution in [2.24, 2.45) is 0 Å². The first-order valence-corrected chi connectivity index (χ1v) is 14.8. The summed E-state index contributed by atoms with van der Waals surface area (Å²) < 4.78 is 31.7. The number of nitrogens with zero attached hydrogens (tertiary/aromatic N) is 2. The van der Waals surface area contributed by atoms with Crippen LogP contribution in [0.3, 0.4) is 0 Å². The normalized spacial score (nSPS) is 16.1. The van der Waals surface area contributed by atoms with Crippen LogP contribution < -0.4 is 10.2 Å². The molecule has 2 N–H and O–H groups in total. The van der Waals surface area contributed by atoms with Gasteiger partial charge in [-0.05, 0) is 70.6 Å². The standard InChI is InChI=1S/C30H39N3OS.C2HF3O2/c1-30(2,3)25-13-9-22(10-14-25)19-33-17-7-6-8-26(20-33)31-29(34)28-18-24(21-35-28)23-11-15-27(16-12-23)32(4)5;3-2(4,5)1(6)7/h9-16,18,21,26H,6-8,17,19-20H2,1-5H3,(H,31,34);(H,6,7). The van der Waals surface area contributed by atoms with Crippen LogP contribution in [0.4, 0.5) is 18.9 Å². The van der Waals surface area contributed by atoms with Crippen molar-refractivity contribution in [2.45, 2.75) is 64.2 Å². The molecule has 2 aromatic carbocycles. The van der Waals surface area contributed by atoms with Crippen molar-refractivity contribution in [1.82, 2.24) is 10.2 Å². The van der Waals surface area contributed by atoms with E-state index in [0.717, 1.165) is 48.5 Å². The smallest absolute Gasteiger partial charge is 0.475 e. The van der Waals surface area contributed by atoms with Gasteiger partial charge in [-0.25, -0.2) is 4.79 Å². The lowest BCUT2D eigenvalue weighted by Gasteiger charge is -2.25. The van der Waals surface area contributed by atoms with Crippen LogP contribution in [0.15, 0.2) is 60.0 Å². The fraction of sp³-hybridized carbons (Fsp3) is 0.438. The number of likely N-dealkylation sites (tertiary alicyclic amines) is 1. The number of carboxylic acid groups (broad SMARTS) is 1. The van der Waals surface area contributed by atoms with Crippen molar-refractivity contribution in [3.63, 3.8) is 0 Å². The zero-order valence-corrected chi connectivity index (χ0v) is 25.6. The van der Waals surface area contributed by atoms with E-state index >= 15 is 0 Å². The Bertz CT molecular complexity index is 1310. The molecule has 0 spiro atoms. The molecule has 42 heavy (non-hydrogen) atoms. The van der Waals surface area contributed by atoms with Crippen LogP contribution in [0.5, 0.6) is 0 Å². The lowest BCUT2D eigenvalue weighted by Crippen LogP contribution is -2.42. The van der Waals surface area contributed by atoms with Crippen LogP contribution in [-0.2, 0) is 16.8 Å². The second-order valence-electron chi connectivity index (χ2n) is 11.8. The predicted octanol–water partition coefficient (Wildman–Crippen LogP) is 7.20. The summed E-state index contributed by atoms with van der Waals surface area (Å²) in [4.78, 5) is 27.3. The average Bonchev–Trinajstić information content (AvgIpc) is 3.31. The summed E-state index contributed by atoms with van der Waals surface area (Å²) in [5.74, 6) is -2.71. The van der Waals surface area contributed by atoms with E-state index in [1.54, 1.807) is 0 Å². The molecule has 0 saturated carbocycles. The van der Waals surface area contributed by atoms with Gasteiger partial charge in [0.1, 0.15) is 0 Å². The molecule has 10 heteroatoms. The summed E-state index contributed by atoms with van der Waals surface area (Å²) >= 11 is 1.53. The van der Waals surface area contributed by atoms with Gasteiger partial charge in [0.2, 0.25) is 0 Å². The van der Waals surface area contributed by atoms with Crippen LogP contribution in [-0.4, -0.2) is 61.3 Å². The summed E-state index contributed by atoms with van der Waals surface area (Å²) in [6.07, 6.45) is -1.72. The molecule has 0 bridgehead atoms. The molecule has 1 aliphatic heterocycles. The Labute approximate surface area is 250 Å². The molecule has 1 aromatic heterocycles. The Morgan fingerprint density at radius 3 is 2.17 bits per heavy atom. The predicted molar refractivity (Wildman–Crippen MR) is 163 cm³/mol. The van der Waals surface area contributed by atoms with Crippen LogP contribution in [0.25, 0.3) is 11.1 Å². The third kappa shape index (κ3) is 9.87. The molecule has 1 unspecified atom stereocenters. The van der Waals surface area contributed by atoms with Crippen LogP contribution in [0.2, 0.25) is 0 Å². The van der Waals surface area contributed by atoms with Crippen molar-refractivity contribution in [3.8, 4) is 11.1 Å². The highest BCUT2D eigenvalue weighted by Gasteiger charge is 2.38. The number of hydrogen-bond acceptors (Lipinski definition) is 5. The first kappa shape index (κ1) is 33.1. The number of carboxylic acids is 1. The van der Waals surface area contributed by atoms with E-state index in [2.05, 4.69) is 89.8 Å². The fourth-order valence-corrected chi connectivity index (χ4v) is 5.48. The minimum atomic E-state index is -5.08. The molecule has 4 rings (SSSR count). The molecule has 0 aliphatic carbocycles. The Kier molecular flexibility index (Phi) is 11.2. The number of alkyl halides is 3. The highest BCUT2D eigenvalue weighted by molar-refractivity contribution is 7.12. The lowest BCUT2D eigenvalue weighted by atomic mass is 9.87. The van der Waals surface area contributed by atoms with Crippen molar-refractivity contribution >= 4 is 28.9 Å². The SMILES string of the molecule is CN(C)c1ccc(-c2csc(C(=O)NC3CCCCN(Cc4ccc(C(C)(C)C)cc4)C3)c2)cc1.O=C(O)C(F)(F)F. The molecule has 1 atom stereocenters. The van der Waals surface area contributed by atoms with Gasteiger partial charge in [-0.15, -0.1) is 11.3 Å². The number of nitrogens with one attached hydrogen (secondary N) is 1.